The number of rotatable bonds is 9. The molecular weight excluding hydrogens is 366 g/mol. The van der Waals surface area contributed by atoms with E-state index in [2.05, 4.69) is 5.32 Å². The van der Waals surface area contributed by atoms with E-state index in [0.29, 0.717) is 16.3 Å². The number of hydrogen-bond acceptors (Lipinski definition) is 6. The minimum atomic E-state index is -0.431. The fraction of sp³-hybridized carbons (Fsp3) is 0.300. The quantitative estimate of drug-likeness (QED) is 0.397. The predicted molar refractivity (Wildman–Crippen MR) is 106 cm³/mol. The summed E-state index contributed by atoms with van der Waals surface area (Å²) >= 11 is 1.38. The summed E-state index contributed by atoms with van der Waals surface area (Å²) in [6.45, 7) is 4.21. The summed E-state index contributed by atoms with van der Waals surface area (Å²) in [5.41, 5.74) is 1.24. The van der Waals surface area contributed by atoms with Gasteiger partial charge >= 0.3 is 5.97 Å². The van der Waals surface area contributed by atoms with Gasteiger partial charge in [0.15, 0.2) is 6.79 Å². The van der Waals surface area contributed by atoms with Crippen molar-refractivity contribution in [3.63, 3.8) is 0 Å². The molecule has 1 N–H and O–H groups in total. The molecule has 0 aliphatic rings. The van der Waals surface area contributed by atoms with Crippen LogP contribution in [0.25, 0.3) is 6.08 Å². The van der Waals surface area contributed by atoms with Gasteiger partial charge in [0, 0.05) is 18.1 Å². The lowest BCUT2D eigenvalue weighted by Gasteiger charge is -2.05. The summed E-state index contributed by atoms with van der Waals surface area (Å²) in [7, 11) is 1.56. The Labute approximate surface area is 162 Å². The second kappa shape index (κ2) is 10.5. The summed E-state index contributed by atoms with van der Waals surface area (Å²) in [6.07, 6.45) is 3.89. The number of carbonyl (C=O) groups is 2. The maximum atomic E-state index is 12.2. The molecule has 0 radical (unpaired) electrons. The lowest BCUT2D eigenvalue weighted by atomic mass is 10.2. The zero-order chi connectivity index (χ0) is 19.6. The van der Waals surface area contributed by atoms with E-state index in [9.17, 15) is 9.59 Å². The van der Waals surface area contributed by atoms with E-state index < -0.39 is 5.97 Å². The number of methoxy groups -OCH3 is 1. The van der Waals surface area contributed by atoms with Gasteiger partial charge in [-0.3, -0.25) is 4.79 Å². The first-order valence-electron chi connectivity index (χ1n) is 8.58. The molecule has 0 bridgehead atoms. The summed E-state index contributed by atoms with van der Waals surface area (Å²) in [5.74, 6) is -0.0626. The van der Waals surface area contributed by atoms with Crippen molar-refractivity contribution in [2.75, 3.05) is 25.8 Å². The minimum Gasteiger partial charge on any atom is -0.468 e. The topological polar surface area (TPSA) is 73.9 Å². The average molecular weight is 389 g/mol. The molecule has 0 atom stereocenters. The molecule has 144 valence electrons. The Morgan fingerprint density at radius 1 is 1.19 bits per heavy atom. The highest BCUT2D eigenvalue weighted by Crippen LogP contribution is 2.29. The number of ether oxygens (including phenoxy) is 3. The van der Waals surface area contributed by atoms with Crippen molar-refractivity contribution in [2.45, 2.75) is 20.3 Å². The van der Waals surface area contributed by atoms with Crippen molar-refractivity contribution in [1.29, 1.82) is 0 Å². The highest BCUT2D eigenvalue weighted by atomic mass is 32.1. The smallest absolute Gasteiger partial charge is 0.341 e. The molecule has 27 heavy (non-hydrogen) atoms. The van der Waals surface area contributed by atoms with Crippen molar-refractivity contribution in [2.24, 2.45) is 0 Å². The van der Waals surface area contributed by atoms with Crippen molar-refractivity contribution in [3.8, 4) is 5.75 Å². The van der Waals surface area contributed by atoms with Gasteiger partial charge in [-0.25, -0.2) is 4.79 Å². The van der Waals surface area contributed by atoms with Crippen LogP contribution in [0.1, 0.15) is 34.6 Å². The van der Waals surface area contributed by atoms with Crippen LogP contribution in [0.5, 0.6) is 5.75 Å². The summed E-state index contributed by atoms with van der Waals surface area (Å²) in [5, 5.41) is 3.27. The molecule has 1 amide bonds. The molecule has 0 spiro atoms. The van der Waals surface area contributed by atoms with Gasteiger partial charge in [-0.1, -0.05) is 19.1 Å². The molecule has 0 aliphatic carbocycles. The number of thiophene rings is 1. The Hall–Kier alpha value is -2.64. The van der Waals surface area contributed by atoms with Crippen LogP contribution in [0.15, 0.2) is 36.4 Å². The largest absolute Gasteiger partial charge is 0.468 e. The first-order chi connectivity index (χ1) is 13.1. The number of esters is 1. The normalized spacial score (nSPS) is 10.8. The average Bonchev–Trinajstić information content (AvgIpc) is 3.08. The van der Waals surface area contributed by atoms with Crippen LogP contribution in [0.4, 0.5) is 5.00 Å². The van der Waals surface area contributed by atoms with Gasteiger partial charge in [0.1, 0.15) is 10.8 Å². The number of benzene rings is 1. The van der Waals surface area contributed by atoms with Crippen LogP contribution in [0.2, 0.25) is 0 Å². The molecule has 0 saturated heterocycles. The Kier molecular flexibility index (Phi) is 8.03. The van der Waals surface area contributed by atoms with E-state index in [0.717, 1.165) is 16.9 Å². The lowest BCUT2D eigenvalue weighted by molar-refractivity contribution is -0.111. The monoisotopic (exact) mass is 389 g/mol. The van der Waals surface area contributed by atoms with Crippen LogP contribution in [-0.2, 0) is 20.7 Å². The maximum Gasteiger partial charge on any atom is 0.341 e. The Bertz CT molecular complexity index is 795. The highest BCUT2D eigenvalue weighted by molar-refractivity contribution is 7.16. The van der Waals surface area contributed by atoms with Gasteiger partial charge in [-0.05, 0) is 43.2 Å². The molecule has 0 unspecified atom stereocenters. The summed E-state index contributed by atoms with van der Waals surface area (Å²) < 4.78 is 15.2. The van der Waals surface area contributed by atoms with E-state index in [1.54, 1.807) is 38.3 Å². The number of aryl methyl sites for hydroxylation is 1. The molecule has 0 fully saturated rings. The van der Waals surface area contributed by atoms with E-state index in [1.165, 1.54) is 17.4 Å². The van der Waals surface area contributed by atoms with Gasteiger partial charge in [-0.15, -0.1) is 11.3 Å². The second-order valence-corrected chi connectivity index (χ2v) is 6.61. The second-order valence-electron chi connectivity index (χ2n) is 5.47. The maximum absolute atomic E-state index is 12.2. The van der Waals surface area contributed by atoms with Crippen LogP contribution in [0, 0.1) is 0 Å². The van der Waals surface area contributed by atoms with Crippen molar-refractivity contribution >= 4 is 34.3 Å². The van der Waals surface area contributed by atoms with Gasteiger partial charge in [0.2, 0.25) is 5.91 Å². The Morgan fingerprint density at radius 2 is 1.93 bits per heavy atom. The van der Waals surface area contributed by atoms with E-state index in [1.807, 2.05) is 19.1 Å². The zero-order valence-corrected chi connectivity index (χ0v) is 16.4. The fourth-order valence-electron chi connectivity index (χ4n) is 2.20. The first-order valence-corrected chi connectivity index (χ1v) is 9.39. The van der Waals surface area contributed by atoms with Gasteiger partial charge in [-0.2, -0.15) is 0 Å². The van der Waals surface area contributed by atoms with Crippen LogP contribution in [0.3, 0.4) is 0 Å². The van der Waals surface area contributed by atoms with Gasteiger partial charge < -0.3 is 19.5 Å². The third-order valence-electron chi connectivity index (χ3n) is 3.51. The fourth-order valence-corrected chi connectivity index (χ4v) is 3.18. The molecule has 0 saturated carbocycles. The summed E-state index contributed by atoms with van der Waals surface area (Å²) in [6, 6.07) is 9.02. The van der Waals surface area contributed by atoms with E-state index >= 15 is 0 Å². The molecule has 6 nitrogen and oxygen atoms in total. The van der Waals surface area contributed by atoms with Crippen LogP contribution < -0.4 is 10.1 Å². The lowest BCUT2D eigenvalue weighted by Crippen LogP contribution is -2.11. The van der Waals surface area contributed by atoms with Crippen molar-refractivity contribution < 1.29 is 23.8 Å². The number of nitrogens with one attached hydrogen (secondary N) is 1. The first kappa shape index (κ1) is 20.7. The summed E-state index contributed by atoms with van der Waals surface area (Å²) in [4.78, 5) is 25.3. The zero-order valence-electron chi connectivity index (χ0n) is 15.6. The van der Waals surface area contributed by atoms with Gasteiger partial charge in [0.25, 0.3) is 0 Å². The van der Waals surface area contributed by atoms with E-state index in [4.69, 9.17) is 14.2 Å². The van der Waals surface area contributed by atoms with Crippen molar-refractivity contribution in [3.05, 3.63) is 52.4 Å². The molecule has 1 aromatic carbocycles. The number of anilines is 1. The SMILES string of the molecule is CCOC(=O)c1cc(CC)sc1NC(=O)/C=C/c1ccc(OCOC)cc1. The predicted octanol–water partition coefficient (Wildman–Crippen LogP) is 4.12. The molecule has 7 heteroatoms. The Balaban J connectivity index is 2.03. The van der Waals surface area contributed by atoms with Gasteiger partial charge in [0.05, 0.1) is 12.2 Å². The number of hydrogen-bond donors (Lipinski definition) is 1. The molecule has 1 heterocycles. The standard InChI is InChI=1S/C20H23NO5S/c1-4-16-12-17(20(23)25-5-2)19(27-16)21-18(22)11-8-14-6-9-15(10-7-14)26-13-24-3/h6-12H,4-5,13H2,1-3H3,(H,21,22)/b11-8+. The van der Waals surface area contributed by atoms with Crippen LogP contribution >= 0.6 is 11.3 Å². The van der Waals surface area contributed by atoms with Crippen molar-refractivity contribution in [1.82, 2.24) is 0 Å². The molecule has 2 aromatic rings. The Morgan fingerprint density at radius 3 is 2.56 bits per heavy atom. The molecule has 1 aromatic heterocycles. The van der Waals surface area contributed by atoms with E-state index in [-0.39, 0.29) is 19.3 Å². The number of amides is 1. The molecular formula is C20H23NO5S. The minimum absolute atomic E-state index is 0.182. The van der Waals surface area contributed by atoms with Crippen LogP contribution in [-0.4, -0.2) is 32.4 Å². The molecule has 0 aliphatic heterocycles. The third-order valence-corrected chi connectivity index (χ3v) is 4.71. The highest BCUT2D eigenvalue weighted by Gasteiger charge is 2.17. The third kappa shape index (κ3) is 6.23. The molecule has 2 rings (SSSR count). The number of carbonyl (C=O) groups excluding carboxylic acids is 2.